The van der Waals surface area contributed by atoms with E-state index in [4.69, 9.17) is 17.2 Å². The third-order valence-corrected chi connectivity index (χ3v) is 11.6. The highest BCUT2D eigenvalue weighted by Crippen LogP contribution is 2.13. The minimum atomic E-state index is -1.93. The van der Waals surface area contributed by atoms with Gasteiger partial charge in [-0.1, -0.05) is 48.0 Å². The lowest BCUT2D eigenvalue weighted by Crippen LogP contribution is -2.61. The Hall–Kier alpha value is -8.02. The fourth-order valence-corrected chi connectivity index (χ4v) is 7.36. The van der Waals surface area contributed by atoms with Gasteiger partial charge in [0.2, 0.25) is 59.1 Å². The van der Waals surface area contributed by atoms with Gasteiger partial charge in [-0.3, -0.25) is 52.7 Å². The number of aliphatic carboxylic acids is 2. The second kappa shape index (κ2) is 31.7. The van der Waals surface area contributed by atoms with E-state index in [1.165, 1.54) is 32.0 Å². The predicted molar refractivity (Wildman–Crippen MR) is 266 cm³/mol. The number of primary amides is 2. The zero-order chi connectivity index (χ0) is 57.4. The van der Waals surface area contributed by atoms with Crippen molar-refractivity contribution in [3.63, 3.8) is 0 Å². The average molecular weight is 1080 g/mol. The Labute approximate surface area is 437 Å². The van der Waals surface area contributed by atoms with Crippen LogP contribution in [0.4, 0.5) is 0 Å². The summed E-state index contributed by atoms with van der Waals surface area (Å²) in [6.45, 7) is 9.33. The van der Waals surface area contributed by atoms with Crippen LogP contribution in [0.3, 0.4) is 0 Å². The summed E-state index contributed by atoms with van der Waals surface area (Å²) >= 11 is 0. The lowest BCUT2D eigenvalue weighted by atomic mass is 9.97. The third kappa shape index (κ3) is 22.6. The molecule has 0 aliphatic heterocycles. The van der Waals surface area contributed by atoms with Crippen LogP contribution < -0.4 is 59.7 Å². The van der Waals surface area contributed by atoms with E-state index in [-0.39, 0.29) is 36.8 Å². The molecular formula is C46H73N15O15. The van der Waals surface area contributed by atoms with Crippen LogP contribution in [0.5, 0.6) is 0 Å². The second-order valence-corrected chi connectivity index (χ2v) is 19.0. The highest BCUT2D eigenvalue weighted by molar-refractivity contribution is 6.00. The number of H-pyrrole nitrogens is 2. The Balaban J connectivity index is 2.47. The molecule has 2 aromatic rings. The molecule has 0 unspecified atom stereocenters. The fraction of sp³-hybridized carbons (Fsp3) is 0.609. The first-order valence-electron chi connectivity index (χ1n) is 24.4. The molecule has 76 heavy (non-hydrogen) atoms. The van der Waals surface area contributed by atoms with Gasteiger partial charge < -0.3 is 85.0 Å². The molecule has 2 heterocycles. The molecule has 19 N–H and O–H groups in total. The minimum Gasteiger partial charge on any atom is -0.481 e. The molecule has 0 saturated carbocycles. The van der Waals surface area contributed by atoms with Gasteiger partial charge in [-0.05, 0) is 37.0 Å². The SMILES string of the molecule is CC[C@H](C)[C@H](NC(=O)[C@H](CCC(N)=O)NC(=O)[C@H](CC(N)=O)NC(=O)[C@H](Cc1cnc[nH]1)NC(=O)[C@H](CC(=O)O)NC(=O)[C@H](CC(C)C)NC(=O)[C@H](Cc1cnc[nH]1)NC(=O)[C@@H](N)CC(C)C)C(=O)N[C@@H](CO)C(=O)O. The number of aliphatic hydroxyl groups excluding tert-OH is 1. The molecule has 10 amide bonds. The zero-order valence-electron chi connectivity index (χ0n) is 43.2. The minimum absolute atomic E-state index is 0.0367. The summed E-state index contributed by atoms with van der Waals surface area (Å²) in [5.41, 5.74) is 17.5. The van der Waals surface area contributed by atoms with Gasteiger partial charge in [0, 0.05) is 43.0 Å². The molecule has 422 valence electrons. The van der Waals surface area contributed by atoms with Crippen LogP contribution in [0.25, 0.3) is 0 Å². The van der Waals surface area contributed by atoms with Crippen molar-refractivity contribution >= 4 is 71.0 Å². The Morgan fingerprint density at radius 2 is 0.961 bits per heavy atom. The lowest BCUT2D eigenvalue weighted by Gasteiger charge is -2.29. The quantitative estimate of drug-likeness (QED) is 0.0307. The number of nitrogens with zero attached hydrogens (tertiary/aromatic N) is 2. The number of aliphatic hydroxyl groups is 1. The number of aromatic amines is 2. The number of carboxylic acid groups (broad SMARTS) is 2. The molecule has 2 rings (SSSR count). The number of carbonyl (C=O) groups is 12. The molecule has 30 nitrogen and oxygen atoms in total. The summed E-state index contributed by atoms with van der Waals surface area (Å²) < 4.78 is 0. The fourth-order valence-electron chi connectivity index (χ4n) is 7.36. The highest BCUT2D eigenvalue weighted by Gasteiger charge is 2.37. The van der Waals surface area contributed by atoms with Crippen molar-refractivity contribution in [1.82, 2.24) is 62.5 Å². The molecule has 2 aromatic heterocycles. The van der Waals surface area contributed by atoms with Crippen LogP contribution >= 0.6 is 0 Å². The number of aromatic nitrogens is 4. The van der Waals surface area contributed by atoms with Gasteiger partial charge in [0.25, 0.3) is 0 Å². The largest absolute Gasteiger partial charge is 0.481 e. The maximum absolute atomic E-state index is 14.2. The number of imidazole rings is 2. The summed E-state index contributed by atoms with van der Waals surface area (Å²) in [6, 6.07) is -14.2. The van der Waals surface area contributed by atoms with E-state index in [1.54, 1.807) is 20.8 Å². The van der Waals surface area contributed by atoms with Crippen LogP contribution in [0.15, 0.2) is 25.0 Å². The number of nitrogens with one attached hydrogen (secondary N) is 10. The van der Waals surface area contributed by atoms with Crippen molar-refractivity contribution in [1.29, 1.82) is 0 Å². The van der Waals surface area contributed by atoms with E-state index in [9.17, 15) is 72.9 Å². The zero-order valence-corrected chi connectivity index (χ0v) is 43.2. The first kappa shape index (κ1) is 64.1. The molecule has 0 fully saturated rings. The van der Waals surface area contributed by atoms with E-state index in [2.05, 4.69) is 62.5 Å². The van der Waals surface area contributed by atoms with Gasteiger partial charge in [-0.2, -0.15) is 0 Å². The van der Waals surface area contributed by atoms with E-state index < -0.39 is 170 Å². The van der Waals surface area contributed by atoms with Crippen LogP contribution in [0.1, 0.15) is 97.9 Å². The molecule has 0 bridgehead atoms. The number of carbonyl (C=O) groups excluding carboxylic acids is 10. The molecule has 0 saturated heterocycles. The van der Waals surface area contributed by atoms with Crippen LogP contribution in [-0.4, -0.2) is 167 Å². The Morgan fingerprint density at radius 1 is 0.539 bits per heavy atom. The van der Waals surface area contributed by atoms with E-state index in [0.29, 0.717) is 12.1 Å². The van der Waals surface area contributed by atoms with Gasteiger partial charge in [0.1, 0.15) is 48.3 Å². The molecule has 30 heteroatoms. The lowest BCUT2D eigenvalue weighted by molar-refractivity contribution is -0.143. The van der Waals surface area contributed by atoms with Gasteiger partial charge in [0.05, 0.1) is 38.1 Å². The van der Waals surface area contributed by atoms with Gasteiger partial charge >= 0.3 is 11.9 Å². The second-order valence-electron chi connectivity index (χ2n) is 19.0. The van der Waals surface area contributed by atoms with Crippen molar-refractivity contribution in [2.45, 2.75) is 154 Å². The topological polar surface area (TPSA) is 497 Å². The molecule has 0 spiro atoms. The van der Waals surface area contributed by atoms with Crippen molar-refractivity contribution < 1.29 is 72.9 Å². The maximum Gasteiger partial charge on any atom is 0.328 e. The normalized spacial score (nSPS) is 15.1. The summed E-state index contributed by atoms with van der Waals surface area (Å²) in [6.07, 6.45) is 2.19. The number of hydrogen-bond donors (Lipinski definition) is 16. The number of carboxylic acids is 2. The van der Waals surface area contributed by atoms with E-state index in [0.717, 1.165) is 0 Å². The number of rotatable bonds is 35. The standard InChI is InChI=1S/C46H73N15O15/c1-7-23(6)37(45(74)60-33(18-62)46(75)76)61-39(68)27(8-9-34(48)63)54-43(72)31(14-35(49)64)58-42(71)30(13-25-17-51-20-53-25)57-44(73)32(15-36(65)66)59-40(69)28(11-22(4)5)56-41(70)29(12-24-16-50-19-52-24)55-38(67)26(47)10-21(2)3/h16-17,19-23,26-33,37,62H,7-15,18,47H2,1-6H3,(H2,48,63)(H2,49,64)(H,50,52)(H,51,53)(H,54,72)(H,55,67)(H,56,70)(H,57,73)(H,58,71)(H,59,69)(H,60,74)(H,61,68)(H,65,66)(H,75,76)/t23-,26-,27-,28-,29-,30-,31-,32-,33-,37-/m0/s1. The highest BCUT2D eigenvalue weighted by atomic mass is 16.4. The Kier molecular flexibility index (Phi) is 26.7. The van der Waals surface area contributed by atoms with Crippen molar-refractivity contribution in [3.8, 4) is 0 Å². The van der Waals surface area contributed by atoms with Crippen LogP contribution in [0, 0.1) is 17.8 Å². The molecule has 0 radical (unpaired) electrons. The van der Waals surface area contributed by atoms with Gasteiger partial charge in [0.15, 0.2) is 0 Å². The molecule has 0 aromatic carbocycles. The Bertz CT molecular complexity index is 2310. The number of amides is 10. The summed E-state index contributed by atoms with van der Waals surface area (Å²) in [7, 11) is 0. The van der Waals surface area contributed by atoms with Crippen molar-refractivity contribution in [2.75, 3.05) is 6.61 Å². The van der Waals surface area contributed by atoms with Crippen molar-refractivity contribution in [3.05, 3.63) is 36.4 Å². The van der Waals surface area contributed by atoms with E-state index in [1.807, 2.05) is 13.8 Å². The number of nitrogens with two attached hydrogens (primary N) is 3. The maximum atomic E-state index is 14.2. The smallest absolute Gasteiger partial charge is 0.328 e. The summed E-state index contributed by atoms with van der Waals surface area (Å²) in [5.74, 6) is -14.5. The van der Waals surface area contributed by atoms with Crippen LogP contribution in [0.2, 0.25) is 0 Å². The molecule has 0 aliphatic rings. The Morgan fingerprint density at radius 3 is 1.38 bits per heavy atom. The third-order valence-electron chi connectivity index (χ3n) is 11.6. The van der Waals surface area contributed by atoms with Gasteiger partial charge in [-0.15, -0.1) is 0 Å². The first-order chi connectivity index (χ1) is 35.6. The predicted octanol–water partition coefficient (Wildman–Crippen LogP) is -5.05. The van der Waals surface area contributed by atoms with Gasteiger partial charge in [-0.25, -0.2) is 14.8 Å². The first-order valence-corrected chi connectivity index (χ1v) is 24.4. The summed E-state index contributed by atoms with van der Waals surface area (Å²) in [5, 5.41) is 47.6. The molecular weight excluding hydrogens is 1000 g/mol. The molecule has 0 aliphatic carbocycles. The summed E-state index contributed by atoms with van der Waals surface area (Å²) in [4.78, 5) is 171. The number of hydrogen-bond acceptors (Lipinski definition) is 16. The van der Waals surface area contributed by atoms with Crippen molar-refractivity contribution in [2.24, 2.45) is 35.0 Å². The molecule has 10 atom stereocenters. The monoisotopic (exact) mass is 1080 g/mol. The van der Waals surface area contributed by atoms with E-state index >= 15 is 0 Å². The van der Waals surface area contributed by atoms with Crippen LogP contribution in [-0.2, 0) is 70.4 Å². The average Bonchev–Trinajstić information content (AvgIpc) is 4.06.